The largest absolute Gasteiger partial charge is 0.354 e. The molecule has 1 saturated heterocycles. The zero-order valence-electron chi connectivity index (χ0n) is 19.5. The lowest BCUT2D eigenvalue weighted by molar-refractivity contribution is 0.149. The van der Waals surface area contributed by atoms with E-state index in [9.17, 15) is 8.78 Å². The molecular weight excluding hydrogens is 420 g/mol. The number of benzene rings is 1. The molecule has 2 N–H and O–H groups in total. The molecule has 5 nitrogen and oxygen atoms in total. The molecule has 0 bridgehead atoms. The molecule has 1 atom stereocenters. The van der Waals surface area contributed by atoms with E-state index in [0.717, 1.165) is 49.9 Å². The van der Waals surface area contributed by atoms with Crippen LogP contribution in [0.15, 0.2) is 72.5 Å². The standard InChI is InChI=1S/C26H33F2N5/c1-4-24-17-29-12-13-33(24)18-21-6-5-7-22(16-21)25-9-11-31-26(32-25)30-10-8-19(2)14-23(28)15-20(3)27/h5-7,9,11,14-16,24,29H,2,4,8,10,12-13,17-18H2,1,3H3,(H,30,31,32)/b20-15+,23-14+/t24-/m0/s1. The summed E-state index contributed by atoms with van der Waals surface area (Å²) in [6.45, 7) is 11.8. The maximum Gasteiger partial charge on any atom is 0.223 e. The molecule has 1 aromatic heterocycles. The first-order chi connectivity index (χ1) is 15.9. The lowest BCUT2D eigenvalue weighted by Crippen LogP contribution is -2.50. The van der Waals surface area contributed by atoms with Crippen molar-refractivity contribution < 1.29 is 8.78 Å². The summed E-state index contributed by atoms with van der Waals surface area (Å²) in [5.41, 5.74) is 3.71. The molecule has 33 heavy (non-hydrogen) atoms. The summed E-state index contributed by atoms with van der Waals surface area (Å²) in [4.78, 5) is 11.5. The average molecular weight is 454 g/mol. The van der Waals surface area contributed by atoms with Gasteiger partial charge in [-0.1, -0.05) is 37.3 Å². The molecule has 1 aliphatic rings. The summed E-state index contributed by atoms with van der Waals surface area (Å²) < 4.78 is 26.3. The number of rotatable bonds is 10. The number of hydrogen-bond acceptors (Lipinski definition) is 5. The van der Waals surface area contributed by atoms with E-state index in [4.69, 9.17) is 0 Å². The van der Waals surface area contributed by atoms with Crippen LogP contribution in [0.5, 0.6) is 0 Å². The van der Waals surface area contributed by atoms with Crippen LogP contribution in [0, 0.1) is 0 Å². The molecule has 7 heteroatoms. The van der Waals surface area contributed by atoms with Gasteiger partial charge in [0.1, 0.15) is 5.83 Å². The molecule has 0 amide bonds. The fourth-order valence-electron chi connectivity index (χ4n) is 3.92. The molecule has 2 heterocycles. The Kier molecular flexibility index (Phi) is 9.27. The van der Waals surface area contributed by atoms with Crippen molar-refractivity contribution in [2.24, 2.45) is 0 Å². The van der Waals surface area contributed by atoms with Crippen LogP contribution in [0.2, 0.25) is 0 Å². The third kappa shape index (κ3) is 7.87. The molecule has 2 aromatic rings. The third-order valence-corrected chi connectivity index (χ3v) is 5.62. The lowest BCUT2D eigenvalue weighted by Gasteiger charge is -2.35. The smallest absolute Gasteiger partial charge is 0.223 e. The van der Waals surface area contributed by atoms with Crippen molar-refractivity contribution in [2.45, 2.75) is 39.3 Å². The Labute approximate surface area is 195 Å². The Balaban J connectivity index is 1.61. The van der Waals surface area contributed by atoms with Gasteiger partial charge in [-0.3, -0.25) is 4.90 Å². The summed E-state index contributed by atoms with van der Waals surface area (Å²) in [7, 11) is 0. The van der Waals surface area contributed by atoms with E-state index in [2.05, 4.69) is 63.3 Å². The average Bonchev–Trinajstić information content (AvgIpc) is 2.79. The van der Waals surface area contributed by atoms with E-state index in [1.165, 1.54) is 18.6 Å². The van der Waals surface area contributed by atoms with Crippen LogP contribution < -0.4 is 10.6 Å². The van der Waals surface area contributed by atoms with Gasteiger partial charge < -0.3 is 10.6 Å². The van der Waals surface area contributed by atoms with Crippen LogP contribution in [0.1, 0.15) is 32.3 Å². The molecule has 176 valence electrons. The minimum atomic E-state index is -0.649. The fourth-order valence-corrected chi connectivity index (χ4v) is 3.92. The van der Waals surface area contributed by atoms with Gasteiger partial charge in [0.25, 0.3) is 0 Å². The summed E-state index contributed by atoms with van der Waals surface area (Å²) in [6, 6.07) is 10.9. The molecule has 0 radical (unpaired) electrons. The molecule has 3 rings (SSSR count). The van der Waals surface area contributed by atoms with Crippen molar-refractivity contribution >= 4 is 5.95 Å². The second kappa shape index (κ2) is 12.4. The zero-order chi connectivity index (χ0) is 23.6. The van der Waals surface area contributed by atoms with Crippen molar-refractivity contribution in [1.29, 1.82) is 0 Å². The monoisotopic (exact) mass is 453 g/mol. The van der Waals surface area contributed by atoms with E-state index < -0.39 is 11.7 Å². The van der Waals surface area contributed by atoms with Crippen molar-refractivity contribution in [3.05, 3.63) is 78.0 Å². The first-order valence-corrected chi connectivity index (χ1v) is 11.4. The first-order valence-electron chi connectivity index (χ1n) is 11.4. The number of allylic oxidation sites excluding steroid dienone is 4. The van der Waals surface area contributed by atoms with Crippen LogP contribution in [0.4, 0.5) is 14.7 Å². The number of hydrogen-bond donors (Lipinski definition) is 2. The Bertz CT molecular complexity index is 998. The van der Waals surface area contributed by atoms with E-state index in [0.29, 0.717) is 30.5 Å². The van der Waals surface area contributed by atoms with E-state index in [1.54, 1.807) is 6.20 Å². The number of piperazine rings is 1. The lowest BCUT2D eigenvalue weighted by atomic mass is 10.1. The summed E-state index contributed by atoms with van der Waals surface area (Å²) in [5.74, 6) is -0.728. The van der Waals surface area contributed by atoms with Gasteiger partial charge in [-0.15, -0.1) is 0 Å². The zero-order valence-corrected chi connectivity index (χ0v) is 19.5. The Morgan fingerprint density at radius 2 is 2.15 bits per heavy atom. The van der Waals surface area contributed by atoms with Gasteiger partial charge in [0.05, 0.1) is 11.5 Å². The molecule has 0 saturated carbocycles. The quantitative estimate of drug-likeness (QED) is 0.471. The molecule has 1 fully saturated rings. The number of halogens is 2. The number of nitrogens with zero attached hydrogens (tertiary/aromatic N) is 3. The maximum atomic E-state index is 13.5. The maximum absolute atomic E-state index is 13.5. The van der Waals surface area contributed by atoms with Crippen LogP contribution in [-0.4, -0.2) is 47.1 Å². The van der Waals surface area contributed by atoms with Crippen molar-refractivity contribution in [3.63, 3.8) is 0 Å². The number of anilines is 1. The van der Waals surface area contributed by atoms with Crippen LogP contribution in [0.25, 0.3) is 11.3 Å². The van der Waals surface area contributed by atoms with E-state index in [-0.39, 0.29) is 0 Å². The van der Waals surface area contributed by atoms with Gasteiger partial charge in [0.15, 0.2) is 0 Å². The van der Waals surface area contributed by atoms with Crippen LogP contribution >= 0.6 is 0 Å². The van der Waals surface area contributed by atoms with Gasteiger partial charge in [0.2, 0.25) is 5.95 Å². The minimum Gasteiger partial charge on any atom is -0.354 e. The molecule has 0 unspecified atom stereocenters. The molecular formula is C26H33F2N5. The predicted octanol–water partition coefficient (Wildman–Crippen LogP) is 5.41. The highest BCUT2D eigenvalue weighted by atomic mass is 19.1. The second-order valence-corrected chi connectivity index (χ2v) is 8.30. The summed E-state index contributed by atoms with van der Waals surface area (Å²) >= 11 is 0. The molecule has 0 aliphatic carbocycles. The Hall–Kier alpha value is -2.90. The SMILES string of the molecule is C=C(/C=C(F)\C=C(/C)F)CCNc1nccc(-c2cccc(CN3CCNC[C@@H]3CC)c2)n1. The first kappa shape index (κ1) is 24.7. The highest BCUT2D eigenvalue weighted by Gasteiger charge is 2.20. The minimum absolute atomic E-state index is 0.485. The van der Waals surface area contributed by atoms with Crippen LogP contribution in [0.3, 0.4) is 0 Å². The van der Waals surface area contributed by atoms with Crippen molar-refractivity contribution in [3.8, 4) is 11.3 Å². The van der Waals surface area contributed by atoms with Gasteiger partial charge in [-0.25, -0.2) is 18.7 Å². The summed E-state index contributed by atoms with van der Waals surface area (Å²) in [5, 5.41) is 6.63. The van der Waals surface area contributed by atoms with Gasteiger partial charge >= 0.3 is 0 Å². The Morgan fingerprint density at radius 1 is 1.30 bits per heavy atom. The van der Waals surface area contributed by atoms with Gasteiger partial charge in [-0.05, 0) is 43.5 Å². The predicted molar refractivity (Wildman–Crippen MR) is 131 cm³/mol. The highest BCUT2D eigenvalue weighted by molar-refractivity contribution is 5.61. The number of nitrogens with one attached hydrogen (secondary N) is 2. The van der Waals surface area contributed by atoms with Crippen molar-refractivity contribution in [2.75, 3.05) is 31.5 Å². The van der Waals surface area contributed by atoms with E-state index >= 15 is 0 Å². The second-order valence-electron chi connectivity index (χ2n) is 8.30. The van der Waals surface area contributed by atoms with Crippen molar-refractivity contribution in [1.82, 2.24) is 20.2 Å². The third-order valence-electron chi connectivity index (χ3n) is 5.62. The highest BCUT2D eigenvalue weighted by Crippen LogP contribution is 2.21. The topological polar surface area (TPSA) is 53.1 Å². The van der Waals surface area contributed by atoms with Gasteiger partial charge in [0, 0.05) is 56.6 Å². The summed E-state index contributed by atoms with van der Waals surface area (Å²) in [6.07, 6.45) is 5.41. The Morgan fingerprint density at radius 3 is 2.94 bits per heavy atom. The fraction of sp³-hybridized carbons (Fsp3) is 0.385. The molecule has 1 aliphatic heterocycles. The molecule has 0 spiro atoms. The molecule has 1 aromatic carbocycles. The number of aromatic nitrogens is 2. The van der Waals surface area contributed by atoms with Crippen LogP contribution in [-0.2, 0) is 6.54 Å². The van der Waals surface area contributed by atoms with E-state index in [1.807, 2.05) is 6.07 Å². The normalized spacial score (nSPS) is 17.8. The van der Waals surface area contributed by atoms with Gasteiger partial charge in [-0.2, -0.15) is 0 Å².